The maximum Gasteiger partial charge on any atom is 0.0543 e. The van der Waals surface area contributed by atoms with Crippen LogP contribution < -0.4 is 5.32 Å². The minimum absolute atomic E-state index is 0. The summed E-state index contributed by atoms with van der Waals surface area (Å²) >= 11 is 9.60. The molecule has 21 heavy (non-hydrogen) atoms. The van der Waals surface area contributed by atoms with E-state index in [4.69, 9.17) is 11.6 Å². The molecule has 0 amide bonds. The molecule has 0 atom stereocenters. The van der Waals surface area contributed by atoms with E-state index in [0.29, 0.717) is 0 Å². The van der Waals surface area contributed by atoms with Crippen molar-refractivity contribution in [2.24, 2.45) is 0 Å². The predicted molar refractivity (Wildman–Crippen MR) is 94.2 cm³/mol. The Morgan fingerprint density at radius 1 is 1.29 bits per heavy atom. The summed E-state index contributed by atoms with van der Waals surface area (Å²) in [6, 6.07) is 5.94. The fourth-order valence-electron chi connectivity index (χ4n) is 1.82. The van der Waals surface area contributed by atoms with Gasteiger partial charge in [0.1, 0.15) is 0 Å². The average molecular weight is 393 g/mol. The van der Waals surface area contributed by atoms with Gasteiger partial charge in [0.15, 0.2) is 0 Å². The largest absolute Gasteiger partial charge is 0.308 e. The first-order valence-corrected chi connectivity index (χ1v) is 7.72. The molecule has 0 saturated heterocycles. The fraction of sp³-hybridized carbons (Fsp3) is 0.400. The minimum Gasteiger partial charge on any atom is -0.308 e. The van der Waals surface area contributed by atoms with Crippen molar-refractivity contribution in [1.82, 2.24) is 15.1 Å². The molecule has 0 radical (unpaired) electrons. The Kier molecular flexibility index (Phi) is 6.72. The summed E-state index contributed by atoms with van der Waals surface area (Å²) in [7, 11) is 0. The van der Waals surface area contributed by atoms with Gasteiger partial charge in [0, 0.05) is 34.3 Å². The van der Waals surface area contributed by atoms with E-state index in [9.17, 15) is 0 Å². The third-order valence-electron chi connectivity index (χ3n) is 2.98. The molecule has 1 heterocycles. The van der Waals surface area contributed by atoms with Crippen LogP contribution in [0.5, 0.6) is 0 Å². The molecule has 0 saturated carbocycles. The quantitative estimate of drug-likeness (QED) is 0.812. The zero-order valence-electron chi connectivity index (χ0n) is 12.4. The number of nitrogens with zero attached hydrogens (tertiary/aromatic N) is 2. The summed E-state index contributed by atoms with van der Waals surface area (Å²) in [5.74, 6) is 0. The van der Waals surface area contributed by atoms with E-state index in [1.807, 2.05) is 29.1 Å². The Balaban J connectivity index is 0.00000220. The van der Waals surface area contributed by atoms with Crippen LogP contribution >= 0.6 is 39.9 Å². The first-order chi connectivity index (χ1) is 9.36. The molecule has 0 aliphatic heterocycles. The van der Waals surface area contributed by atoms with Gasteiger partial charge in [-0.3, -0.25) is 4.68 Å². The maximum atomic E-state index is 6.19. The van der Waals surface area contributed by atoms with E-state index in [1.165, 1.54) is 5.56 Å². The molecular weight excluding hydrogens is 373 g/mol. The molecule has 2 rings (SSSR count). The Morgan fingerprint density at radius 2 is 2.00 bits per heavy atom. The van der Waals surface area contributed by atoms with E-state index in [-0.39, 0.29) is 17.9 Å². The van der Waals surface area contributed by atoms with Crippen LogP contribution in [0.25, 0.3) is 0 Å². The van der Waals surface area contributed by atoms with E-state index in [2.05, 4.69) is 53.3 Å². The molecule has 0 aliphatic rings. The van der Waals surface area contributed by atoms with E-state index < -0.39 is 0 Å². The number of hydrogen-bond acceptors (Lipinski definition) is 2. The number of rotatable bonds is 4. The summed E-state index contributed by atoms with van der Waals surface area (Å²) in [6.07, 6.45) is 3.98. The molecule has 0 aliphatic carbocycles. The van der Waals surface area contributed by atoms with Crippen molar-refractivity contribution in [3.63, 3.8) is 0 Å². The second-order valence-electron chi connectivity index (χ2n) is 5.80. The molecule has 0 fully saturated rings. The first-order valence-electron chi connectivity index (χ1n) is 6.55. The van der Waals surface area contributed by atoms with E-state index in [0.717, 1.165) is 28.1 Å². The second kappa shape index (κ2) is 7.63. The van der Waals surface area contributed by atoms with Gasteiger partial charge in [-0.15, -0.1) is 12.4 Å². The lowest BCUT2D eigenvalue weighted by molar-refractivity contribution is 0.355. The van der Waals surface area contributed by atoms with Crippen LogP contribution in [0.4, 0.5) is 0 Å². The average Bonchev–Trinajstić information content (AvgIpc) is 2.80. The highest BCUT2D eigenvalue weighted by Crippen LogP contribution is 2.21. The lowest BCUT2D eigenvalue weighted by atomic mass is 10.1. The monoisotopic (exact) mass is 391 g/mol. The Bertz CT molecular complexity index is 591. The number of hydrogen-bond donors (Lipinski definition) is 1. The van der Waals surface area contributed by atoms with Gasteiger partial charge in [-0.05, 0) is 38.5 Å². The fourth-order valence-corrected chi connectivity index (χ4v) is 2.57. The molecule has 1 aromatic carbocycles. The van der Waals surface area contributed by atoms with Crippen molar-refractivity contribution in [2.45, 2.75) is 39.4 Å². The first kappa shape index (κ1) is 18.5. The molecule has 0 unspecified atom stereocenters. The number of halogens is 3. The third kappa shape index (κ3) is 5.29. The zero-order valence-corrected chi connectivity index (χ0v) is 15.5. The van der Waals surface area contributed by atoms with Gasteiger partial charge in [0.25, 0.3) is 0 Å². The summed E-state index contributed by atoms with van der Waals surface area (Å²) in [5, 5.41) is 8.55. The van der Waals surface area contributed by atoms with Crippen LogP contribution in [0.3, 0.4) is 0 Å². The normalized spacial score (nSPS) is 11.3. The van der Waals surface area contributed by atoms with Crippen molar-refractivity contribution in [1.29, 1.82) is 0 Å². The molecule has 116 valence electrons. The summed E-state index contributed by atoms with van der Waals surface area (Å²) < 4.78 is 2.98. The smallest absolute Gasteiger partial charge is 0.0543 e. The topological polar surface area (TPSA) is 29.9 Å². The summed E-state index contributed by atoms with van der Waals surface area (Å²) in [4.78, 5) is 0. The van der Waals surface area contributed by atoms with Gasteiger partial charge in [0.2, 0.25) is 0 Å². The van der Waals surface area contributed by atoms with Crippen LogP contribution in [0.2, 0.25) is 5.02 Å². The van der Waals surface area contributed by atoms with Crippen molar-refractivity contribution >= 4 is 39.9 Å². The third-order valence-corrected chi connectivity index (χ3v) is 3.83. The van der Waals surface area contributed by atoms with E-state index >= 15 is 0 Å². The second-order valence-corrected chi connectivity index (χ2v) is 7.13. The van der Waals surface area contributed by atoms with E-state index in [1.54, 1.807) is 0 Å². The lowest BCUT2D eigenvalue weighted by Crippen LogP contribution is -2.22. The van der Waals surface area contributed by atoms with Gasteiger partial charge in [0.05, 0.1) is 11.7 Å². The van der Waals surface area contributed by atoms with Gasteiger partial charge in [-0.2, -0.15) is 5.10 Å². The highest BCUT2D eigenvalue weighted by atomic mass is 79.9. The molecule has 0 bridgehead atoms. The molecule has 1 N–H and O–H groups in total. The summed E-state index contributed by atoms with van der Waals surface area (Å²) in [5.41, 5.74) is 2.29. The molecule has 3 nitrogen and oxygen atoms in total. The van der Waals surface area contributed by atoms with Crippen molar-refractivity contribution in [3.05, 3.63) is 51.2 Å². The van der Waals surface area contributed by atoms with Gasteiger partial charge < -0.3 is 5.32 Å². The maximum absolute atomic E-state index is 6.19. The SMILES string of the molecule is CC(C)(C)n1cc(CNCc2ccc(Br)cc2Cl)cn1.Cl. The molecular formula is C15H20BrCl2N3. The lowest BCUT2D eigenvalue weighted by Gasteiger charge is -2.18. The van der Waals surface area contributed by atoms with Gasteiger partial charge in [-0.25, -0.2) is 0 Å². The Morgan fingerprint density at radius 3 is 2.57 bits per heavy atom. The number of nitrogens with one attached hydrogen (secondary N) is 1. The zero-order chi connectivity index (χ0) is 14.8. The molecule has 0 spiro atoms. The molecule has 6 heteroatoms. The van der Waals surface area contributed by atoms with Crippen LogP contribution in [-0.4, -0.2) is 9.78 Å². The summed E-state index contributed by atoms with van der Waals surface area (Å²) in [6.45, 7) is 7.94. The van der Waals surface area contributed by atoms with Crippen molar-refractivity contribution < 1.29 is 0 Å². The molecule has 1 aromatic heterocycles. The highest BCUT2D eigenvalue weighted by Gasteiger charge is 2.13. The minimum atomic E-state index is 0. The highest BCUT2D eigenvalue weighted by molar-refractivity contribution is 9.10. The standard InChI is InChI=1S/C15H19BrClN3.ClH/c1-15(2,3)20-10-11(8-19-20)7-18-9-12-4-5-13(16)6-14(12)17;/h4-6,8,10,18H,7,9H2,1-3H3;1H. The van der Waals surface area contributed by atoms with Gasteiger partial charge >= 0.3 is 0 Å². The number of benzene rings is 1. The van der Waals surface area contributed by atoms with Crippen LogP contribution in [0, 0.1) is 0 Å². The Hall–Kier alpha value is -0.550. The number of aromatic nitrogens is 2. The Labute approximate surface area is 145 Å². The van der Waals surface area contributed by atoms with Crippen molar-refractivity contribution in [3.8, 4) is 0 Å². The molecule has 2 aromatic rings. The van der Waals surface area contributed by atoms with Crippen molar-refractivity contribution in [2.75, 3.05) is 0 Å². The van der Waals surface area contributed by atoms with Crippen LogP contribution in [0.1, 0.15) is 31.9 Å². The predicted octanol–water partition coefficient (Wildman–Crippen LogP) is 4.77. The van der Waals surface area contributed by atoms with Crippen LogP contribution in [-0.2, 0) is 18.6 Å². The van der Waals surface area contributed by atoms with Crippen LogP contribution in [0.15, 0.2) is 35.1 Å². The van der Waals surface area contributed by atoms with Gasteiger partial charge in [-0.1, -0.05) is 33.6 Å².